The van der Waals surface area contributed by atoms with E-state index in [0.717, 1.165) is 5.56 Å². The summed E-state index contributed by atoms with van der Waals surface area (Å²) in [4.78, 5) is 13.6. The molecule has 3 heteroatoms. The van der Waals surface area contributed by atoms with E-state index in [1.54, 1.807) is 11.9 Å². The van der Waals surface area contributed by atoms with Crippen LogP contribution in [0.4, 0.5) is 0 Å². The Hall–Kier alpha value is -1.35. The number of carbonyl (C=O) groups excluding carboxylic acids is 1. The highest BCUT2D eigenvalue weighted by Crippen LogP contribution is 2.13. The second-order valence-electron chi connectivity index (χ2n) is 3.93. The highest BCUT2D eigenvalue weighted by Gasteiger charge is 2.20. The van der Waals surface area contributed by atoms with Crippen LogP contribution in [-0.4, -0.2) is 23.9 Å². The molecule has 0 bridgehead atoms. The van der Waals surface area contributed by atoms with Crippen LogP contribution < -0.4 is 5.73 Å². The van der Waals surface area contributed by atoms with Crippen LogP contribution in [0, 0.1) is 0 Å². The van der Waals surface area contributed by atoms with Crippen LogP contribution in [0.1, 0.15) is 25.5 Å². The zero-order valence-electron chi connectivity index (χ0n) is 9.47. The van der Waals surface area contributed by atoms with Gasteiger partial charge in [-0.15, -0.1) is 0 Å². The van der Waals surface area contributed by atoms with Gasteiger partial charge >= 0.3 is 0 Å². The molecule has 1 rings (SSSR count). The Bertz CT molecular complexity index is 322. The molecule has 0 aliphatic carbocycles. The summed E-state index contributed by atoms with van der Waals surface area (Å²) in [6.07, 6.45) is 0. The zero-order chi connectivity index (χ0) is 11.4. The van der Waals surface area contributed by atoms with Gasteiger partial charge in [-0.3, -0.25) is 4.79 Å². The lowest BCUT2D eigenvalue weighted by Gasteiger charge is -2.25. The van der Waals surface area contributed by atoms with Crippen LogP contribution in [0.3, 0.4) is 0 Å². The number of rotatable bonds is 3. The molecule has 3 nitrogen and oxygen atoms in total. The highest BCUT2D eigenvalue weighted by atomic mass is 16.2. The SMILES string of the molecule is CC(C)N(C)C(=O)[C@@H](N)c1ccccc1. The third-order valence-electron chi connectivity index (χ3n) is 2.55. The van der Waals surface area contributed by atoms with Crippen LogP contribution in [-0.2, 0) is 4.79 Å². The third-order valence-corrected chi connectivity index (χ3v) is 2.55. The molecular formula is C12H18N2O. The lowest BCUT2D eigenvalue weighted by molar-refractivity contribution is -0.132. The van der Waals surface area contributed by atoms with Crippen molar-refractivity contribution in [2.75, 3.05) is 7.05 Å². The average molecular weight is 206 g/mol. The van der Waals surface area contributed by atoms with Gasteiger partial charge in [-0.1, -0.05) is 30.3 Å². The number of hydrogen-bond donors (Lipinski definition) is 1. The third kappa shape index (κ3) is 2.80. The molecule has 0 fully saturated rings. The minimum absolute atomic E-state index is 0.0452. The first kappa shape index (κ1) is 11.7. The van der Waals surface area contributed by atoms with E-state index in [1.165, 1.54) is 0 Å². The lowest BCUT2D eigenvalue weighted by atomic mass is 10.1. The first-order valence-corrected chi connectivity index (χ1v) is 5.11. The predicted molar refractivity (Wildman–Crippen MR) is 61.3 cm³/mol. The Labute approximate surface area is 90.9 Å². The van der Waals surface area contributed by atoms with E-state index < -0.39 is 6.04 Å². The Balaban J connectivity index is 2.78. The van der Waals surface area contributed by atoms with Crippen LogP contribution in [0.5, 0.6) is 0 Å². The Kier molecular flexibility index (Phi) is 3.86. The van der Waals surface area contributed by atoms with Crippen molar-refractivity contribution in [3.8, 4) is 0 Å². The van der Waals surface area contributed by atoms with Gasteiger partial charge in [0.05, 0.1) is 0 Å². The van der Waals surface area contributed by atoms with Crippen molar-refractivity contribution in [2.24, 2.45) is 5.73 Å². The zero-order valence-corrected chi connectivity index (χ0v) is 9.47. The molecule has 0 aromatic heterocycles. The van der Waals surface area contributed by atoms with Crippen LogP contribution in [0.25, 0.3) is 0 Å². The number of amides is 1. The minimum Gasteiger partial charge on any atom is -0.342 e. The van der Waals surface area contributed by atoms with Crippen LogP contribution >= 0.6 is 0 Å². The van der Waals surface area contributed by atoms with Crippen molar-refractivity contribution in [2.45, 2.75) is 25.9 Å². The molecule has 1 atom stereocenters. The van der Waals surface area contributed by atoms with Crippen molar-refractivity contribution in [3.05, 3.63) is 35.9 Å². The smallest absolute Gasteiger partial charge is 0.244 e. The van der Waals surface area contributed by atoms with Crippen molar-refractivity contribution >= 4 is 5.91 Å². The van der Waals surface area contributed by atoms with E-state index in [9.17, 15) is 4.79 Å². The summed E-state index contributed by atoms with van der Waals surface area (Å²) in [7, 11) is 1.77. The second kappa shape index (κ2) is 4.94. The molecule has 0 radical (unpaired) electrons. The highest BCUT2D eigenvalue weighted by molar-refractivity contribution is 5.83. The Morgan fingerprint density at radius 2 is 1.80 bits per heavy atom. The summed E-state index contributed by atoms with van der Waals surface area (Å²) in [6, 6.07) is 9.04. The quantitative estimate of drug-likeness (QED) is 0.815. The number of benzene rings is 1. The first-order valence-electron chi connectivity index (χ1n) is 5.11. The number of carbonyl (C=O) groups is 1. The van der Waals surface area contributed by atoms with E-state index >= 15 is 0 Å². The van der Waals surface area contributed by atoms with E-state index in [4.69, 9.17) is 5.73 Å². The maximum Gasteiger partial charge on any atom is 0.244 e. The Morgan fingerprint density at radius 3 is 2.27 bits per heavy atom. The van der Waals surface area contributed by atoms with Gasteiger partial charge in [-0.2, -0.15) is 0 Å². The normalized spacial score (nSPS) is 12.6. The number of hydrogen-bond acceptors (Lipinski definition) is 2. The van der Waals surface area contributed by atoms with Gasteiger partial charge in [0.15, 0.2) is 0 Å². The molecule has 0 spiro atoms. The van der Waals surface area contributed by atoms with Crippen molar-refractivity contribution in [3.63, 3.8) is 0 Å². The number of likely N-dealkylation sites (N-methyl/N-ethyl adjacent to an activating group) is 1. The van der Waals surface area contributed by atoms with Gasteiger partial charge in [-0.25, -0.2) is 0 Å². The molecule has 82 valence electrons. The van der Waals surface area contributed by atoms with Gasteiger partial charge in [0.1, 0.15) is 6.04 Å². The molecule has 1 aromatic rings. The molecule has 0 saturated carbocycles. The molecule has 0 saturated heterocycles. The summed E-state index contributed by atoms with van der Waals surface area (Å²) in [5.74, 6) is -0.0452. The predicted octanol–water partition coefficient (Wildman–Crippen LogP) is 1.55. The fourth-order valence-electron chi connectivity index (χ4n) is 1.28. The van der Waals surface area contributed by atoms with Crippen molar-refractivity contribution < 1.29 is 4.79 Å². The molecule has 1 amide bonds. The topological polar surface area (TPSA) is 46.3 Å². The molecule has 15 heavy (non-hydrogen) atoms. The summed E-state index contributed by atoms with van der Waals surface area (Å²) < 4.78 is 0. The molecule has 0 aliphatic rings. The molecular weight excluding hydrogens is 188 g/mol. The van der Waals surface area contributed by atoms with Gasteiger partial charge < -0.3 is 10.6 Å². The van der Waals surface area contributed by atoms with E-state index in [2.05, 4.69) is 0 Å². The number of nitrogens with zero attached hydrogens (tertiary/aromatic N) is 1. The molecule has 2 N–H and O–H groups in total. The molecule has 1 aromatic carbocycles. The van der Waals surface area contributed by atoms with E-state index in [-0.39, 0.29) is 11.9 Å². The molecule has 0 heterocycles. The first-order chi connectivity index (χ1) is 7.04. The molecule has 0 aliphatic heterocycles. The van der Waals surface area contributed by atoms with E-state index in [1.807, 2.05) is 44.2 Å². The largest absolute Gasteiger partial charge is 0.342 e. The monoisotopic (exact) mass is 206 g/mol. The second-order valence-corrected chi connectivity index (χ2v) is 3.93. The van der Waals surface area contributed by atoms with Gasteiger partial charge in [-0.05, 0) is 19.4 Å². The summed E-state index contributed by atoms with van der Waals surface area (Å²) in [5.41, 5.74) is 6.74. The standard InChI is InChI=1S/C12H18N2O/c1-9(2)14(3)12(15)11(13)10-7-5-4-6-8-10/h4-9,11H,13H2,1-3H3/t11-/m0/s1. The van der Waals surface area contributed by atoms with Gasteiger partial charge in [0.2, 0.25) is 5.91 Å². The van der Waals surface area contributed by atoms with Crippen LogP contribution in [0.2, 0.25) is 0 Å². The lowest BCUT2D eigenvalue weighted by Crippen LogP contribution is -2.39. The van der Waals surface area contributed by atoms with Gasteiger partial charge in [0, 0.05) is 13.1 Å². The fourth-order valence-corrected chi connectivity index (χ4v) is 1.28. The average Bonchev–Trinajstić information content (AvgIpc) is 2.27. The van der Waals surface area contributed by atoms with Crippen molar-refractivity contribution in [1.29, 1.82) is 0 Å². The minimum atomic E-state index is -0.557. The molecule has 0 unspecified atom stereocenters. The Morgan fingerprint density at radius 1 is 1.27 bits per heavy atom. The maximum absolute atomic E-state index is 11.9. The summed E-state index contributed by atoms with van der Waals surface area (Å²) in [6.45, 7) is 3.94. The number of nitrogens with two attached hydrogens (primary N) is 1. The summed E-state index contributed by atoms with van der Waals surface area (Å²) in [5, 5.41) is 0. The van der Waals surface area contributed by atoms with Crippen molar-refractivity contribution in [1.82, 2.24) is 4.90 Å². The fraction of sp³-hybridized carbons (Fsp3) is 0.417. The van der Waals surface area contributed by atoms with E-state index in [0.29, 0.717) is 0 Å². The summed E-state index contributed by atoms with van der Waals surface area (Å²) >= 11 is 0. The maximum atomic E-state index is 11.9. The van der Waals surface area contributed by atoms with Gasteiger partial charge in [0.25, 0.3) is 0 Å². The van der Waals surface area contributed by atoms with Crippen LogP contribution in [0.15, 0.2) is 30.3 Å².